The van der Waals surface area contributed by atoms with Crippen LogP contribution >= 0.6 is 15.9 Å². The fraction of sp³-hybridized carbons (Fsp3) is 0.235. The Bertz CT molecular complexity index is 834. The number of aromatic nitrogens is 3. The molecule has 1 amide bonds. The van der Waals surface area contributed by atoms with E-state index in [1.165, 1.54) is 0 Å². The van der Waals surface area contributed by atoms with Crippen molar-refractivity contribution in [2.45, 2.75) is 19.4 Å². The summed E-state index contributed by atoms with van der Waals surface area (Å²) >= 11 is 3.39. The van der Waals surface area contributed by atoms with E-state index in [0.29, 0.717) is 31.8 Å². The molecular formula is C17H17BrN4O2. The molecule has 0 atom stereocenters. The molecule has 0 bridgehead atoms. The van der Waals surface area contributed by atoms with Gasteiger partial charge < -0.3 is 10.1 Å². The van der Waals surface area contributed by atoms with E-state index in [0.717, 1.165) is 15.9 Å². The Morgan fingerprint density at radius 2 is 2.12 bits per heavy atom. The largest absolute Gasteiger partial charge is 0.494 e. The normalized spacial score (nSPS) is 10.7. The van der Waals surface area contributed by atoms with Gasteiger partial charge >= 0.3 is 0 Å². The molecule has 0 radical (unpaired) electrons. The topological polar surface area (TPSA) is 68.5 Å². The van der Waals surface area contributed by atoms with Crippen molar-refractivity contribution in [3.05, 3.63) is 59.0 Å². The number of carbonyl (C=O) groups is 1. The lowest BCUT2D eigenvalue weighted by Crippen LogP contribution is -2.24. The number of halogens is 1. The van der Waals surface area contributed by atoms with Crippen molar-refractivity contribution in [2.24, 2.45) is 0 Å². The molecule has 24 heavy (non-hydrogen) atoms. The minimum Gasteiger partial charge on any atom is -0.494 e. The highest BCUT2D eigenvalue weighted by Crippen LogP contribution is 2.17. The van der Waals surface area contributed by atoms with Crippen molar-refractivity contribution in [1.29, 1.82) is 0 Å². The highest BCUT2D eigenvalue weighted by Gasteiger charge is 2.07. The molecule has 2 aromatic heterocycles. The maximum atomic E-state index is 11.9. The first-order valence-corrected chi connectivity index (χ1v) is 8.45. The lowest BCUT2D eigenvalue weighted by Gasteiger charge is -2.07. The summed E-state index contributed by atoms with van der Waals surface area (Å²) in [6, 6.07) is 13.3. The van der Waals surface area contributed by atoms with Gasteiger partial charge in [0.1, 0.15) is 5.75 Å². The zero-order valence-corrected chi connectivity index (χ0v) is 14.6. The van der Waals surface area contributed by atoms with Crippen LogP contribution in [-0.4, -0.2) is 27.1 Å². The fourth-order valence-corrected chi connectivity index (χ4v) is 2.64. The molecule has 3 rings (SSSR count). The number of hydrogen-bond donors (Lipinski definition) is 1. The standard InChI is InChI=1S/C17H17BrN4O2/c18-13-5-3-6-14(11-13)24-10-4-8-17(23)19-12-16-21-20-15-7-1-2-9-22(15)16/h1-3,5-7,9,11H,4,8,10,12H2,(H,19,23). The summed E-state index contributed by atoms with van der Waals surface area (Å²) in [5.41, 5.74) is 0.768. The Labute approximate surface area is 148 Å². The number of nitrogens with zero attached hydrogens (tertiary/aromatic N) is 3. The molecular weight excluding hydrogens is 372 g/mol. The quantitative estimate of drug-likeness (QED) is 0.631. The van der Waals surface area contributed by atoms with Gasteiger partial charge in [-0.2, -0.15) is 0 Å². The van der Waals surface area contributed by atoms with E-state index >= 15 is 0 Å². The molecule has 3 aromatic rings. The van der Waals surface area contributed by atoms with Crippen LogP contribution < -0.4 is 10.1 Å². The van der Waals surface area contributed by atoms with Gasteiger partial charge in [-0.25, -0.2) is 0 Å². The summed E-state index contributed by atoms with van der Waals surface area (Å²) in [5, 5.41) is 11.0. The van der Waals surface area contributed by atoms with Crippen molar-refractivity contribution < 1.29 is 9.53 Å². The van der Waals surface area contributed by atoms with Gasteiger partial charge in [-0.15, -0.1) is 10.2 Å². The monoisotopic (exact) mass is 388 g/mol. The van der Waals surface area contributed by atoms with Crippen LogP contribution in [0.3, 0.4) is 0 Å². The van der Waals surface area contributed by atoms with E-state index in [4.69, 9.17) is 4.74 Å². The predicted octanol–water partition coefficient (Wildman–Crippen LogP) is 2.97. The van der Waals surface area contributed by atoms with Crippen LogP contribution in [0.4, 0.5) is 0 Å². The number of ether oxygens (including phenoxy) is 1. The number of benzene rings is 1. The molecule has 0 saturated heterocycles. The Hall–Kier alpha value is -2.41. The second kappa shape index (κ2) is 7.92. The predicted molar refractivity (Wildman–Crippen MR) is 93.7 cm³/mol. The lowest BCUT2D eigenvalue weighted by atomic mass is 10.3. The Morgan fingerprint density at radius 3 is 3.00 bits per heavy atom. The third kappa shape index (κ3) is 4.32. The van der Waals surface area contributed by atoms with Gasteiger partial charge in [-0.1, -0.05) is 28.1 Å². The molecule has 1 aromatic carbocycles. The maximum absolute atomic E-state index is 11.9. The first-order valence-electron chi connectivity index (χ1n) is 7.66. The first kappa shape index (κ1) is 16.4. The van der Waals surface area contributed by atoms with E-state index in [1.54, 1.807) is 0 Å². The molecule has 0 saturated carbocycles. The van der Waals surface area contributed by atoms with E-state index in [-0.39, 0.29) is 5.91 Å². The average molecular weight is 389 g/mol. The van der Waals surface area contributed by atoms with Crippen LogP contribution in [0, 0.1) is 0 Å². The molecule has 0 aliphatic carbocycles. The van der Waals surface area contributed by atoms with Crippen LogP contribution in [0.2, 0.25) is 0 Å². The van der Waals surface area contributed by atoms with Crippen LogP contribution in [0.15, 0.2) is 53.1 Å². The fourth-order valence-electron chi connectivity index (χ4n) is 2.26. The summed E-state index contributed by atoms with van der Waals surface area (Å²) in [7, 11) is 0. The van der Waals surface area contributed by atoms with Crippen molar-refractivity contribution in [1.82, 2.24) is 19.9 Å². The zero-order chi connectivity index (χ0) is 16.8. The van der Waals surface area contributed by atoms with Crippen molar-refractivity contribution >= 4 is 27.5 Å². The van der Waals surface area contributed by atoms with Gasteiger partial charge in [-0.3, -0.25) is 9.20 Å². The molecule has 0 fully saturated rings. The highest BCUT2D eigenvalue weighted by molar-refractivity contribution is 9.10. The second-order valence-corrected chi connectivity index (χ2v) is 6.15. The molecule has 0 aliphatic heterocycles. The number of hydrogen-bond acceptors (Lipinski definition) is 4. The summed E-state index contributed by atoms with van der Waals surface area (Å²) in [6.07, 6.45) is 2.94. The van der Waals surface area contributed by atoms with E-state index < -0.39 is 0 Å². The van der Waals surface area contributed by atoms with Crippen molar-refractivity contribution in [3.63, 3.8) is 0 Å². The molecule has 6 nitrogen and oxygen atoms in total. The SMILES string of the molecule is O=C(CCCOc1cccc(Br)c1)NCc1nnc2ccccn12. The summed E-state index contributed by atoms with van der Waals surface area (Å²) in [5.74, 6) is 1.48. The molecule has 0 spiro atoms. The van der Waals surface area contributed by atoms with E-state index in [9.17, 15) is 4.79 Å². The van der Waals surface area contributed by atoms with Gasteiger partial charge in [0.25, 0.3) is 0 Å². The van der Waals surface area contributed by atoms with Gasteiger partial charge in [0.2, 0.25) is 5.91 Å². The smallest absolute Gasteiger partial charge is 0.220 e. The molecule has 124 valence electrons. The lowest BCUT2D eigenvalue weighted by molar-refractivity contribution is -0.121. The Kier molecular flexibility index (Phi) is 5.43. The first-order chi connectivity index (χ1) is 11.7. The third-order valence-electron chi connectivity index (χ3n) is 3.44. The van der Waals surface area contributed by atoms with Gasteiger partial charge in [0.05, 0.1) is 13.2 Å². The number of pyridine rings is 1. The van der Waals surface area contributed by atoms with Gasteiger partial charge in [0.15, 0.2) is 11.5 Å². The number of nitrogens with one attached hydrogen (secondary N) is 1. The molecule has 0 unspecified atom stereocenters. The van der Waals surface area contributed by atoms with Crippen LogP contribution in [0.5, 0.6) is 5.75 Å². The van der Waals surface area contributed by atoms with Gasteiger partial charge in [-0.05, 0) is 36.8 Å². The van der Waals surface area contributed by atoms with Crippen molar-refractivity contribution in [2.75, 3.05) is 6.61 Å². The minimum atomic E-state index is -0.0273. The van der Waals surface area contributed by atoms with E-state index in [2.05, 4.69) is 31.4 Å². The number of amides is 1. The van der Waals surface area contributed by atoms with Crippen LogP contribution in [0.1, 0.15) is 18.7 Å². The van der Waals surface area contributed by atoms with E-state index in [1.807, 2.05) is 53.1 Å². The summed E-state index contributed by atoms with van der Waals surface area (Å²) in [4.78, 5) is 11.9. The maximum Gasteiger partial charge on any atom is 0.220 e. The highest BCUT2D eigenvalue weighted by atomic mass is 79.9. The molecule has 1 N–H and O–H groups in total. The summed E-state index contributed by atoms with van der Waals surface area (Å²) in [6.45, 7) is 0.855. The Morgan fingerprint density at radius 1 is 1.21 bits per heavy atom. The molecule has 2 heterocycles. The third-order valence-corrected chi connectivity index (χ3v) is 3.93. The minimum absolute atomic E-state index is 0.0273. The summed E-state index contributed by atoms with van der Waals surface area (Å²) < 4.78 is 8.44. The zero-order valence-electron chi connectivity index (χ0n) is 13.0. The number of rotatable bonds is 7. The average Bonchev–Trinajstić information content (AvgIpc) is 3.00. The number of fused-ring (bicyclic) bond motifs is 1. The molecule has 0 aliphatic rings. The Balaban J connectivity index is 1.40. The second-order valence-electron chi connectivity index (χ2n) is 5.23. The van der Waals surface area contributed by atoms with Crippen LogP contribution in [0.25, 0.3) is 5.65 Å². The van der Waals surface area contributed by atoms with Gasteiger partial charge in [0, 0.05) is 17.1 Å². The molecule has 7 heteroatoms. The van der Waals surface area contributed by atoms with Crippen LogP contribution in [-0.2, 0) is 11.3 Å². The number of carbonyl (C=O) groups excluding carboxylic acids is 1. The van der Waals surface area contributed by atoms with Crippen molar-refractivity contribution in [3.8, 4) is 5.75 Å².